The van der Waals surface area contributed by atoms with Crippen LogP contribution in [0.5, 0.6) is 0 Å². The molecule has 3 aromatic rings. The zero-order valence-electron chi connectivity index (χ0n) is 24.5. The number of nitrogens with zero attached hydrogens (tertiary/aromatic N) is 6. The van der Waals surface area contributed by atoms with Crippen molar-refractivity contribution < 1.29 is 0 Å². The summed E-state index contributed by atoms with van der Waals surface area (Å²) < 4.78 is 0. The van der Waals surface area contributed by atoms with Crippen molar-refractivity contribution in [3.63, 3.8) is 0 Å². The first-order chi connectivity index (χ1) is 15.8. The monoisotopic (exact) mass is 478 g/mol. The molecule has 0 bridgehead atoms. The van der Waals surface area contributed by atoms with E-state index < -0.39 is 0 Å². The van der Waals surface area contributed by atoms with Crippen molar-refractivity contribution in [1.82, 2.24) is 29.9 Å². The van der Waals surface area contributed by atoms with Crippen molar-refractivity contribution in [1.29, 1.82) is 0 Å². The lowest BCUT2D eigenvalue weighted by Gasteiger charge is -2.20. The summed E-state index contributed by atoms with van der Waals surface area (Å²) >= 11 is 0. The second-order valence-electron chi connectivity index (χ2n) is 12.1. The third-order valence-electron chi connectivity index (χ3n) is 5.46. The summed E-state index contributed by atoms with van der Waals surface area (Å²) in [5.41, 5.74) is 6.29. The minimum Gasteiger partial charge on any atom is -0.241 e. The summed E-state index contributed by atoms with van der Waals surface area (Å²) in [4.78, 5) is 25.3. The minimum absolute atomic E-state index is 0.151. The molecule has 6 heteroatoms. The molecular formula is C29H46N6. The summed E-state index contributed by atoms with van der Waals surface area (Å²) in [6.07, 6.45) is 7.64. The zero-order valence-corrected chi connectivity index (χ0v) is 24.5. The van der Waals surface area contributed by atoms with Crippen LogP contribution >= 0.6 is 0 Å². The van der Waals surface area contributed by atoms with Crippen molar-refractivity contribution in [2.75, 3.05) is 0 Å². The first kappa shape index (κ1) is 30.3. The van der Waals surface area contributed by atoms with Crippen LogP contribution in [0.3, 0.4) is 0 Å². The van der Waals surface area contributed by atoms with E-state index in [1.54, 1.807) is 0 Å². The molecule has 3 rings (SSSR count). The Labute approximate surface area is 213 Å². The molecule has 0 aromatic carbocycles. The highest BCUT2D eigenvalue weighted by Gasteiger charge is 2.18. The molecule has 6 nitrogen and oxygen atoms in total. The smallest absolute Gasteiger partial charge is 0.125 e. The Morgan fingerprint density at radius 2 is 0.743 bits per heavy atom. The summed E-state index contributed by atoms with van der Waals surface area (Å²) in [6, 6.07) is 0. The van der Waals surface area contributed by atoms with E-state index in [-0.39, 0.29) is 16.2 Å². The van der Waals surface area contributed by atoms with Gasteiger partial charge in [-0.05, 0) is 67.6 Å². The quantitative estimate of drug-likeness (QED) is 0.351. The number of aromatic nitrogens is 6. The summed E-state index contributed by atoms with van der Waals surface area (Å²) in [7, 11) is 0. The third-order valence-corrected chi connectivity index (χ3v) is 5.46. The van der Waals surface area contributed by atoms with E-state index in [1.807, 2.05) is 59.4 Å². The lowest BCUT2D eigenvalue weighted by atomic mass is 9.87. The Kier molecular flexibility index (Phi) is 10.2. The van der Waals surface area contributed by atoms with Crippen LogP contribution < -0.4 is 0 Å². The molecule has 0 unspecified atom stereocenters. The van der Waals surface area contributed by atoms with E-state index in [9.17, 15) is 0 Å². The first-order valence-electron chi connectivity index (χ1n) is 12.2. The molecule has 35 heavy (non-hydrogen) atoms. The SMILES string of the molecule is Cc1ncc(C(C)(C)C)c(C)n1.Cc1ncc(C(C)(C)C)c(C)n1.Cc1ncc(C(C)(C)C)cn1. The van der Waals surface area contributed by atoms with Crippen LogP contribution in [0.4, 0.5) is 0 Å². The molecule has 3 heterocycles. The summed E-state index contributed by atoms with van der Waals surface area (Å²) in [6.45, 7) is 29.3. The van der Waals surface area contributed by atoms with Gasteiger partial charge in [-0.15, -0.1) is 0 Å². The van der Waals surface area contributed by atoms with Crippen LogP contribution in [0, 0.1) is 34.6 Å². The highest BCUT2D eigenvalue weighted by Crippen LogP contribution is 2.24. The molecule has 0 aliphatic carbocycles. The van der Waals surface area contributed by atoms with Crippen LogP contribution in [0.1, 0.15) is 108 Å². The van der Waals surface area contributed by atoms with Gasteiger partial charge in [0.15, 0.2) is 0 Å². The maximum Gasteiger partial charge on any atom is 0.125 e. The Morgan fingerprint density at radius 1 is 0.429 bits per heavy atom. The van der Waals surface area contributed by atoms with E-state index in [4.69, 9.17) is 0 Å². The predicted octanol–water partition coefficient (Wildman–Crippen LogP) is 6.86. The number of hydrogen-bond donors (Lipinski definition) is 0. The predicted molar refractivity (Wildman–Crippen MR) is 146 cm³/mol. The highest BCUT2D eigenvalue weighted by atomic mass is 14.9. The van der Waals surface area contributed by atoms with Gasteiger partial charge in [-0.3, -0.25) is 0 Å². The van der Waals surface area contributed by atoms with Gasteiger partial charge in [0.2, 0.25) is 0 Å². The van der Waals surface area contributed by atoms with Gasteiger partial charge in [-0.2, -0.15) is 0 Å². The van der Waals surface area contributed by atoms with Crippen LogP contribution in [0.25, 0.3) is 0 Å². The molecule has 3 aromatic heterocycles. The molecule has 0 radical (unpaired) electrons. The Morgan fingerprint density at radius 3 is 1.00 bits per heavy atom. The van der Waals surface area contributed by atoms with Gasteiger partial charge in [0, 0.05) is 36.2 Å². The normalized spacial score (nSPS) is 11.7. The van der Waals surface area contributed by atoms with Gasteiger partial charge in [-0.25, -0.2) is 29.9 Å². The van der Waals surface area contributed by atoms with E-state index in [0.29, 0.717) is 0 Å². The van der Waals surface area contributed by atoms with Crippen LogP contribution in [-0.2, 0) is 16.2 Å². The van der Waals surface area contributed by atoms with Crippen molar-refractivity contribution in [2.45, 2.75) is 113 Å². The highest BCUT2D eigenvalue weighted by molar-refractivity contribution is 5.24. The number of hydrogen-bond acceptors (Lipinski definition) is 6. The summed E-state index contributed by atoms with van der Waals surface area (Å²) in [5, 5.41) is 0. The molecule has 0 spiro atoms. The van der Waals surface area contributed by atoms with Crippen LogP contribution in [0.2, 0.25) is 0 Å². The lowest BCUT2D eigenvalue weighted by molar-refractivity contribution is 0.576. The molecule has 192 valence electrons. The maximum atomic E-state index is 4.33. The standard InChI is InChI=1S/2C10H16N2.C9H14N2/c2*1-7-9(10(3,4)5)6-11-8(2)12-7;1-7-10-5-8(6-11-7)9(2,3)4/h2*6H,1-5H3;5-6H,1-4H3. The maximum absolute atomic E-state index is 4.33. The minimum atomic E-state index is 0.151. The zero-order chi connectivity index (χ0) is 27.2. The van der Waals surface area contributed by atoms with Gasteiger partial charge >= 0.3 is 0 Å². The van der Waals surface area contributed by atoms with Crippen LogP contribution in [-0.4, -0.2) is 29.9 Å². The third kappa shape index (κ3) is 10.2. The van der Waals surface area contributed by atoms with Gasteiger partial charge < -0.3 is 0 Å². The fourth-order valence-electron chi connectivity index (χ4n) is 3.42. The Bertz CT molecular complexity index is 1020. The lowest BCUT2D eigenvalue weighted by Crippen LogP contribution is -2.15. The van der Waals surface area contributed by atoms with Gasteiger partial charge in [0.1, 0.15) is 17.5 Å². The van der Waals surface area contributed by atoms with Crippen molar-refractivity contribution in [3.05, 3.63) is 70.3 Å². The molecule has 0 atom stereocenters. The fourth-order valence-corrected chi connectivity index (χ4v) is 3.42. The molecule has 0 fully saturated rings. The number of rotatable bonds is 0. The second-order valence-corrected chi connectivity index (χ2v) is 12.1. The summed E-state index contributed by atoms with van der Waals surface area (Å²) in [5.74, 6) is 2.53. The van der Waals surface area contributed by atoms with Crippen LogP contribution in [0.15, 0.2) is 24.8 Å². The molecule has 0 saturated carbocycles. The van der Waals surface area contributed by atoms with E-state index >= 15 is 0 Å². The first-order valence-corrected chi connectivity index (χ1v) is 12.2. The van der Waals surface area contributed by atoms with E-state index in [2.05, 4.69) is 92.2 Å². The second kappa shape index (κ2) is 11.8. The molecule has 0 amide bonds. The van der Waals surface area contributed by atoms with Crippen molar-refractivity contribution in [2.24, 2.45) is 0 Å². The number of aryl methyl sites for hydroxylation is 5. The fraction of sp³-hybridized carbons (Fsp3) is 0.586. The molecule has 0 aliphatic rings. The molecule has 0 aliphatic heterocycles. The van der Waals surface area contributed by atoms with E-state index in [1.165, 1.54) is 16.7 Å². The van der Waals surface area contributed by atoms with Crippen molar-refractivity contribution >= 4 is 0 Å². The van der Waals surface area contributed by atoms with E-state index in [0.717, 1.165) is 28.9 Å². The largest absolute Gasteiger partial charge is 0.241 e. The van der Waals surface area contributed by atoms with Crippen molar-refractivity contribution in [3.8, 4) is 0 Å². The molecular weight excluding hydrogens is 432 g/mol. The van der Waals surface area contributed by atoms with Gasteiger partial charge in [0.05, 0.1) is 0 Å². The Balaban J connectivity index is 0.000000263. The Hall–Kier alpha value is -2.76. The van der Waals surface area contributed by atoms with Gasteiger partial charge in [0.25, 0.3) is 0 Å². The molecule has 0 saturated heterocycles. The average molecular weight is 479 g/mol. The van der Waals surface area contributed by atoms with Gasteiger partial charge in [-0.1, -0.05) is 62.3 Å². The average Bonchev–Trinajstić information content (AvgIpc) is 2.66. The molecule has 0 N–H and O–H groups in total. The topological polar surface area (TPSA) is 77.3 Å².